The van der Waals surface area contributed by atoms with Gasteiger partial charge in [-0.25, -0.2) is 9.97 Å². The highest BCUT2D eigenvalue weighted by Crippen LogP contribution is 2.29. The zero-order valence-electron chi connectivity index (χ0n) is 9.32. The van der Waals surface area contributed by atoms with Crippen molar-refractivity contribution in [1.29, 1.82) is 0 Å². The Morgan fingerprint density at radius 1 is 1.41 bits per heavy atom. The Balaban J connectivity index is 2.82. The van der Waals surface area contributed by atoms with Crippen LogP contribution in [0.2, 0.25) is 0 Å². The van der Waals surface area contributed by atoms with E-state index in [2.05, 4.69) is 9.97 Å². The van der Waals surface area contributed by atoms with Gasteiger partial charge in [-0.2, -0.15) is 8.78 Å². The second-order valence-corrected chi connectivity index (χ2v) is 5.56. The van der Waals surface area contributed by atoms with Gasteiger partial charge in [-0.3, -0.25) is 9.36 Å². The molecule has 2 rings (SSSR count). The van der Waals surface area contributed by atoms with Crippen molar-refractivity contribution < 1.29 is 8.78 Å². The lowest BCUT2D eigenvalue weighted by atomic mass is 10.3. The van der Waals surface area contributed by atoms with Crippen LogP contribution in [0.25, 0.3) is 10.3 Å². The molecule has 0 bridgehead atoms. The molecule has 0 unspecified atom stereocenters. The van der Waals surface area contributed by atoms with E-state index in [4.69, 9.17) is 0 Å². The first kappa shape index (κ1) is 12.4. The lowest BCUT2D eigenvalue weighted by Crippen LogP contribution is -2.28. The van der Waals surface area contributed by atoms with Gasteiger partial charge in [0.25, 0.3) is 5.56 Å². The van der Waals surface area contributed by atoms with Crippen molar-refractivity contribution in [2.24, 2.45) is 7.05 Å². The molecule has 0 saturated heterocycles. The summed E-state index contributed by atoms with van der Waals surface area (Å²) in [6.45, 7) is 0.719. The molecule has 0 radical (unpaired) electrons. The number of alkyl halides is 2. The topological polar surface area (TPSA) is 47.8 Å². The van der Waals surface area contributed by atoms with Gasteiger partial charge in [0.05, 0.1) is 0 Å². The monoisotopic (exact) mass is 277 g/mol. The average Bonchev–Trinajstić information content (AvgIpc) is 2.65. The number of aromatic nitrogens is 3. The van der Waals surface area contributed by atoms with Crippen LogP contribution in [0, 0.1) is 0 Å². The van der Waals surface area contributed by atoms with E-state index in [-0.39, 0.29) is 10.3 Å². The van der Waals surface area contributed by atoms with Gasteiger partial charge in [0, 0.05) is 14.0 Å². The third-order valence-electron chi connectivity index (χ3n) is 2.19. The van der Waals surface area contributed by atoms with E-state index in [0.29, 0.717) is 4.34 Å². The number of thioether (sulfide) groups is 1. The van der Waals surface area contributed by atoms with Crippen LogP contribution in [0.4, 0.5) is 8.78 Å². The summed E-state index contributed by atoms with van der Waals surface area (Å²) in [4.78, 5) is 20.0. The molecule has 0 saturated carbocycles. The fourth-order valence-corrected chi connectivity index (χ4v) is 2.83. The number of halogens is 2. The maximum atomic E-state index is 13.3. The van der Waals surface area contributed by atoms with Gasteiger partial charge in [-0.05, 0) is 6.26 Å². The Bertz CT molecular complexity index is 629. The molecule has 0 aliphatic heterocycles. The highest BCUT2D eigenvalue weighted by molar-refractivity contribution is 8.00. The maximum absolute atomic E-state index is 13.3. The van der Waals surface area contributed by atoms with Crippen LogP contribution < -0.4 is 5.56 Å². The first-order valence-corrected chi connectivity index (χ1v) is 6.68. The molecule has 0 aliphatic carbocycles. The SMILES string of the molecule is CSc1nc2c(=O)n(C)c(C(C)(F)F)nc2s1. The molecule has 92 valence electrons. The summed E-state index contributed by atoms with van der Waals surface area (Å²) in [5.41, 5.74) is -0.391. The van der Waals surface area contributed by atoms with E-state index >= 15 is 0 Å². The molecule has 0 atom stereocenters. The van der Waals surface area contributed by atoms with Crippen LogP contribution in [-0.4, -0.2) is 20.8 Å². The van der Waals surface area contributed by atoms with Crippen molar-refractivity contribution in [3.8, 4) is 0 Å². The van der Waals surface area contributed by atoms with Crippen molar-refractivity contribution >= 4 is 33.4 Å². The molecule has 0 aliphatic rings. The van der Waals surface area contributed by atoms with Crippen molar-refractivity contribution in [3.63, 3.8) is 0 Å². The number of fused-ring (bicyclic) bond motifs is 1. The lowest BCUT2D eigenvalue weighted by molar-refractivity contribution is 0.00394. The summed E-state index contributed by atoms with van der Waals surface area (Å²) < 4.78 is 28.0. The molecule has 17 heavy (non-hydrogen) atoms. The van der Waals surface area contributed by atoms with Crippen LogP contribution in [0.3, 0.4) is 0 Å². The van der Waals surface area contributed by atoms with Gasteiger partial charge >= 0.3 is 5.92 Å². The summed E-state index contributed by atoms with van der Waals surface area (Å²) >= 11 is 2.50. The summed E-state index contributed by atoms with van der Waals surface area (Å²) in [6, 6.07) is 0. The molecule has 0 N–H and O–H groups in total. The van der Waals surface area contributed by atoms with Crippen LogP contribution in [0.5, 0.6) is 0 Å². The molecule has 0 spiro atoms. The molecular formula is C9H9F2N3OS2. The predicted molar refractivity (Wildman–Crippen MR) is 64.0 cm³/mol. The predicted octanol–water partition coefficient (Wildman–Crippen LogP) is 2.22. The van der Waals surface area contributed by atoms with Crippen LogP contribution in [0.1, 0.15) is 12.7 Å². The van der Waals surface area contributed by atoms with Crippen LogP contribution >= 0.6 is 23.1 Å². The fraction of sp³-hybridized carbons (Fsp3) is 0.444. The molecule has 2 heterocycles. The molecule has 0 fully saturated rings. The van der Waals surface area contributed by atoms with Crippen molar-refractivity contribution in [1.82, 2.24) is 14.5 Å². The highest BCUT2D eigenvalue weighted by Gasteiger charge is 2.31. The molecule has 8 heteroatoms. The third kappa shape index (κ3) is 2.06. The highest BCUT2D eigenvalue weighted by atomic mass is 32.2. The summed E-state index contributed by atoms with van der Waals surface area (Å²) in [5, 5.41) is 0. The van der Waals surface area contributed by atoms with Crippen molar-refractivity contribution in [2.45, 2.75) is 17.2 Å². The minimum atomic E-state index is -3.15. The molecule has 2 aromatic heterocycles. The van der Waals surface area contributed by atoms with E-state index in [9.17, 15) is 13.6 Å². The number of nitrogens with zero attached hydrogens (tertiary/aromatic N) is 3. The summed E-state index contributed by atoms with van der Waals surface area (Å²) in [6.07, 6.45) is 1.80. The smallest absolute Gasteiger partial charge is 0.293 e. The van der Waals surface area contributed by atoms with Crippen molar-refractivity contribution in [3.05, 3.63) is 16.2 Å². The molecule has 0 amide bonds. The van der Waals surface area contributed by atoms with Gasteiger partial charge in [-0.15, -0.1) is 0 Å². The van der Waals surface area contributed by atoms with E-state index in [1.54, 1.807) is 6.26 Å². The lowest BCUT2D eigenvalue weighted by Gasteiger charge is -2.12. The van der Waals surface area contributed by atoms with Gasteiger partial charge in [0.2, 0.25) is 0 Å². The second kappa shape index (κ2) is 4.02. The number of hydrogen-bond acceptors (Lipinski definition) is 5. The van der Waals surface area contributed by atoms with E-state index in [1.165, 1.54) is 18.8 Å². The van der Waals surface area contributed by atoms with Gasteiger partial charge < -0.3 is 0 Å². The Hall–Kier alpha value is -1.02. The number of hydrogen-bond donors (Lipinski definition) is 0. The molecular weight excluding hydrogens is 268 g/mol. The van der Waals surface area contributed by atoms with Crippen LogP contribution in [-0.2, 0) is 13.0 Å². The zero-order chi connectivity index (χ0) is 12.8. The largest absolute Gasteiger partial charge is 0.302 e. The quantitative estimate of drug-likeness (QED) is 0.790. The minimum Gasteiger partial charge on any atom is -0.293 e. The van der Waals surface area contributed by atoms with E-state index in [1.807, 2.05) is 0 Å². The Labute approximate surface area is 104 Å². The number of rotatable bonds is 2. The Morgan fingerprint density at radius 2 is 2.06 bits per heavy atom. The average molecular weight is 277 g/mol. The fourth-order valence-electron chi connectivity index (χ4n) is 1.41. The molecule has 4 nitrogen and oxygen atoms in total. The van der Waals surface area contributed by atoms with Gasteiger partial charge in [0.15, 0.2) is 20.5 Å². The standard InChI is InChI=1S/C9H9F2N3OS2/c1-9(10,11)7-13-5-4(6(15)14(7)2)12-8(16-3)17-5/h1-3H3. The third-order valence-corrected chi connectivity index (χ3v) is 4.12. The molecule has 0 aromatic carbocycles. The first-order chi connectivity index (χ1) is 7.84. The Morgan fingerprint density at radius 3 is 2.59 bits per heavy atom. The van der Waals surface area contributed by atoms with Crippen LogP contribution in [0.15, 0.2) is 9.13 Å². The van der Waals surface area contributed by atoms with Gasteiger partial charge in [0.1, 0.15) is 0 Å². The number of thiazole rings is 1. The van der Waals surface area contributed by atoms with E-state index in [0.717, 1.165) is 22.8 Å². The normalized spacial score (nSPS) is 12.3. The zero-order valence-corrected chi connectivity index (χ0v) is 11.0. The van der Waals surface area contributed by atoms with Crippen molar-refractivity contribution in [2.75, 3.05) is 6.26 Å². The minimum absolute atomic E-state index is 0.148. The summed E-state index contributed by atoms with van der Waals surface area (Å²) in [5.74, 6) is -3.68. The first-order valence-electron chi connectivity index (χ1n) is 4.64. The summed E-state index contributed by atoms with van der Waals surface area (Å²) in [7, 11) is 1.28. The van der Waals surface area contributed by atoms with E-state index < -0.39 is 17.3 Å². The maximum Gasteiger partial charge on any atom is 0.302 e. The molecule has 2 aromatic rings. The Kier molecular flexibility index (Phi) is 2.94. The second-order valence-electron chi connectivity index (χ2n) is 3.53. The van der Waals surface area contributed by atoms with Gasteiger partial charge in [-0.1, -0.05) is 23.1 Å².